The number of ether oxygens (including phenoxy) is 2. The first-order valence-electron chi connectivity index (χ1n) is 7.04. The van der Waals surface area contributed by atoms with Crippen LogP contribution in [0.2, 0.25) is 0 Å². The molecule has 0 aliphatic carbocycles. The van der Waals surface area contributed by atoms with Gasteiger partial charge in [0.1, 0.15) is 5.75 Å². The lowest BCUT2D eigenvalue weighted by Crippen LogP contribution is -2.40. The normalized spacial score (nSPS) is 17.6. The third kappa shape index (κ3) is 2.64. The molecule has 1 fully saturated rings. The minimum atomic E-state index is -0.262. The fraction of sp³-hybridized carbons (Fsp3) is 0.467. The maximum absolute atomic E-state index is 5.96. The molecular formula is C15H19N3O3. The van der Waals surface area contributed by atoms with E-state index >= 15 is 0 Å². The predicted octanol–water partition coefficient (Wildman–Crippen LogP) is 1.75. The van der Waals surface area contributed by atoms with Crippen molar-refractivity contribution in [1.29, 1.82) is 0 Å². The van der Waals surface area contributed by atoms with Gasteiger partial charge in [0.2, 0.25) is 11.7 Å². The maximum Gasteiger partial charge on any atom is 0.234 e. The van der Waals surface area contributed by atoms with Gasteiger partial charge in [0.15, 0.2) is 0 Å². The highest BCUT2D eigenvalue weighted by molar-refractivity contribution is 5.56. The molecule has 6 heteroatoms. The Balaban J connectivity index is 1.91. The summed E-state index contributed by atoms with van der Waals surface area (Å²) in [4.78, 5) is 4.55. The van der Waals surface area contributed by atoms with Gasteiger partial charge < -0.3 is 19.7 Å². The zero-order valence-corrected chi connectivity index (χ0v) is 12.0. The molecule has 2 aromatic rings. The second-order valence-electron chi connectivity index (χ2n) is 5.25. The summed E-state index contributed by atoms with van der Waals surface area (Å²) in [7, 11) is 1.63. The van der Waals surface area contributed by atoms with Crippen LogP contribution >= 0.6 is 0 Å². The van der Waals surface area contributed by atoms with Crippen molar-refractivity contribution in [2.45, 2.75) is 18.3 Å². The van der Waals surface area contributed by atoms with Crippen molar-refractivity contribution in [2.75, 3.05) is 26.9 Å². The number of methoxy groups -OCH3 is 1. The molecule has 1 aromatic heterocycles. The Bertz CT molecular complexity index is 606. The van der Waals surface area contributed by atoms with Crippen LogP contribution in [0.5, 0.6) is 5.75 Å². The molecule has 1 saturated heterocycles. The Labute approximate surface area is 123 Å². The van der Waals surface area contributed by atoms with Gasteiger partial charge in [-0.25, -0.2) is 0 Å². The molecular weight excluding hydrogens is 270 g/mol. The quantitative estimate of drug-likeness (QED) is 0.923. The van der Waals surface area contributed by atoms with Gasteiger partial charge >= 0.3 is 0 Å². The van der Waals surface area contributed by atoms with Gasteiger partial charge in [0.25, 0.3) is 0 Å². The van der Waals surface area contributed by atoms with E-state index in [0.717, 1.165) is 24.2 Å². The van der Waals surface area contributed by atoms with Crippen molar-refractivity contribution < 1.29 is 14.0 Å². The smallest absolute Gasteiger partial charge is 0.234 e. The molecule has 1 aliphatic rings. The van der Waals surface area contributed by atoms with Crippen molar-refractivity contribution in [3.05, 3.63) is 30.2 Å². The molecule has 21 heavy (non-hydrogen) atoms. The number of rotatable bonds is 4. The lowest BCUT2D eigenvalue weighted by molar-refractivity contribution is 0.0409. The molecule has 6 nitrogen and oxygen atoms in total. The highest BCUT2D eigenvalue weighted by Gasteiger charge is 2.38. The van der Waals surface area contributed by atoms with Gasteiger partial charge in [0.05, 0.1) is 12.5 Å². The molecule has 2 N–H and O–H groups in total. The van der Waals surface area contributed by atoms with Crippen LogP contribution in [0, 0.1) is 0 Å². The number of benzene rings is 1. The Hall–Kier alpha value is -1.92. The highest BCUT2D eigenvalue weighted by Crippen LogP contribution is 2.34. The summed E-state index contributed by atoms with van der Waals surface area (Å²) in [5.41, 5.74) is 6.56. The van der Waals surface area contributed by atoms with Crippen LogP contribution < -0.4 is 10.5 Å². The van der Waals surface area contributed by atoms with Crippen LogP contribution in [0.25, 0.3) is 11.4 Å². The third-order valence-corrected chi connectivity index (χ3v) is 4.05. The van der Waals surface area contributed by atoms with E-state index in [1.165, 1.54) is 0 Å². The van der Waals surface area contributed by atoms with Crippen molar-refractivity contribution >= 4 is 0 Å². The van der Waals surface area contributed by atoms with E-state index in [9.17, 15) is 0 Å². The zero-order chi connectivity index (χ0) is 14.7. The van der Waals surface area contributed by atoms with E-state index in [4.69, 9.17) is 19.7 Å². The van der Waals surface area contributed by atoms with Gasteiger partial charge in [-0.2, -0.15) is 4.98 Å². The summed E-state index contributed by atoms with van der Waals surface area (Å²) in [5.74, 6) is 1.92. The molecule has 3 rings (SSSR count). The molecule has 0 unspecified atom stereocenters. The van der Waals surface area contributed by atoms with E-state index in [2.05, 4.69) is 10.1 Å². The minimum absolute atomic E-state index is 0.262. The van der Waals surface area contributed by atoms with Gasteiger partial charge in [-0.3, -0.25) is 0 Å². The number of hydrogen-bond donors (Lipinski definition) is 1. The molecule has 0 amide bonds. The largest absolute Gasteiger partial charge is 0.497 e. The predicted molar refractivity (Wildman–Crippen MR) is 77.1 cm³/mol. The lowest BCUT2D eigenvalue weighted by atomic mass is 9.80. The Kier molecular flexibility index (Phi) is 3.90. The van der Waals surface area contributed by atoms with E-state index in [0.29, 0.717) is 31.5 Å². The Morgan fingerprint density at radius 2 is 2.14 bits per heavy atom. The van der Waals surface area contributed by atoms with Crippen molar-refractivity contribution in [1.82, 2.24) is 10.1 Å². The third-order valence-electron chi connectivity index (χ3n) is 4.05. The zero-order valence-electron chi connectivity index (χ0n) is 12.0. The average molecular weight is 289 g/mol. The van der Waals surface area contributed by atoms with Crippen LogP contribution in [0.1, 0.15) is 18.7 Å². The van der Waals surface area contributed by atoms with E-state index < -0.39 is 0 Å². The summed E-state index contributed by atoms with van der Waals surface area (Å²) in [6, 6.07) is 7.59. The molecule has 112 valence electrons. The lowest BCUT2D eigenvalue weighted by Gasteiger charge is -2.32. The summed E-state index contributed by atoms with van der Waals surface area (Å²) in [6.45, 7) is 1.83. The summed E-state index contributed by atoms with van der Waals surface area (Å²) in [6.07, 6.45) is 1.62. The molecule has 2 heterocycles. The van der Waals surface area contributed by atoms with Gasteiger partial charge in [0, 0.05) is 25.3 Å². The van der Waals surface area contributed by atoms with Crippen molar-refractivity contribution in [3.63, 3.8) is 0 Å². The molecule has 0 radical (unpaired) electrons. The van der Waals surface area contributed by atoms with E-state index in [-0.39, 0.29) is 5.41 Å². The van der Waals surface area contributed by atoms with E-state index in [1.807, 2.05) is 24.3 Å². The van der Waals surface area contributed by atoms with E-state index in [1.54, 1.807) is 7.11 Å². The molecule has 0 atom stereocenters. The maximum atomic E-state index is 5.96. The number of nitrogens with two attached hydrogens (primary N) is 1. The van der Waals surface area contributed by atoms with Crippen LogP contribution in [-0.2, 0) is 10.2 Å². The van der Waals surface area contributed by atoms with Crippen LogP contribution in [-0.4, -0.2) is 37.0 Å². The minimum Gasteiger partial charge on any atom is -0.497 e. The topological polar surface area (TPSA) is 83.4 Å². The number of nitrogens with zero attached hydrogens (tertiary/aromatic N) is 2. The molecule has 0 spiro atoms. The van der Waals surface area contributed by atoms with Crippen molar-refractivity contribution in [3.8, 4) is 17.1 Å². The monoisotopic (exact) mass is 289 g/mol. The van der Waals surface area contributed by atoms with Crippen LogP contribution in [0.15, 0.2) is 28.8 Å². The molecule has 0 bridgehead atoms. The molecule has 1 aliphatic heterocycles. The first-order chi connectivity index (χ1) is 10.3. The van der Waals surface area contributed by atoms with Crippen LogP contribution in [0.4, 0.5) is 0 Å². The summed E-state index contributed by atoms with van der Waals surface area (Å²) < 4.78 is 16.1. The highest BCUT2D eigenvalue weighted by atomic mass is 16.5. The van der Waals surface area contributed by atoms with Gasteiger partial charge in [-0.05, 0) is 25.0 Å². The van der Waals surface area contributed by atoms with Gasteiger partial charge in [-0.1, -0.05) is 17.3 Å². The first kappa shape index (κ1) is 14.0. The SMILES string of the molecule is COc1cccc(-c2noc(C3(CN)CCOCC3)n2)c1. The standard InChI is InChI=1S/C15H19N3O3/c1-19-12-4-2-3-11(9-12)13-17-14(21-18-13)15(10-16)5-7-20-8-6-15/h2-4,9H,5-8,10,16H2,1H3. The fourth-order valence-corrected chi connectivity index (χ4v) is 2.59. The van der Waals surface area contributed by atoms with Gasteiger partial charge in [-0.15, -0.1) is 0 Å². The number of aromatic nitrogens is 2. The summed E-state index contributed by atoms with van der Waals surface area (Å²) in [5, 5.41) is 4.09. The first-order valence-corrected chi connectivity index (χ1v) is 7.04. The second kappa shape index (κ2) is 5.83. The average Bonchev–Trinajstić information content (AvgIpc) is 3.06. The number of hydrogen-bond acceptors (Lipinski definition) is 6. The summed E-state index contributed by atoms with van der Waals surface area (Å²) >= 11 is 0. The molecule has 0 saturated carbocycles. The fourth-order valence-electron chi connectivity index (χ4n) is 2.59. The Morgan fingerprint density at radius 1 is 1.33 bits per heavy atom. The van der Waals surface area contributed by atoms with Crippen LogP contribution in [0.3, 0.4) is 0 Å². The second-order valence-corrected chi connectivity index (χ2v) is 5.25. The molecule has 1 aromatic carbocycles. The Morgan fingerprint density at radius 3 is 2.86 bits per heavy atom. The van der Waals surface area contributed by atoms with Crippen molar-refractivity contribution in [2.24, 2.45) is 5.73 Å².